The summed E-state index contributed by atoms with van der Waals surface area (Å²) < 4.78 is 12.8. The molecule has 2 heterocycles. The molecule has 2 aromatic carbocycles. The molecule has 0 N–H and O–H groups in total. The first-order valence-corrected chi connectivity index (χ1v) is 11.6. The quantitative estimate of drug-likeness (QED) is 0.513. The van der Waals surface area contributed by atoms with Crippen LogP contribution in [0.15, 0.2) is 69.6 Å². The molecule has 0 bridgehead atoms. The number of ether oxygens (including phenoxy) is 2. The van der Waals surface area contributed by atoms with Crippen LogP contribution in [0, 0.1) is 18.3 Å². The van der Waals surface area contributed by atoms with Gasteiger partial charge in [0.25, 0.3) is 5.56 Å². The number of para-hydroxylation sites is 1. The molecule has 0 unspecified atom stereocenters. The summed E-state index contributed by atoms with van der Waals surface area (Å²) in [5.41, 5.74) is 3.16. The van der Waals surface area contributed by atoms with Crippen molar-refractivity contribution in [1.82, 2.24) is 4.57 Å². The van der Waals surface area contributed by atoms with Crippen molar-refractivity contribution in [3.8, 4) is 11.8 Å². The predicted octanol–water partition coefficient (Wildman–Crippen LogP) is 3.01. The minimum absolute atomic E-state index is 0.0956. The van der Waals surface area contributed by atoms with Gasteiger partial charge >= 0.3 is 5.97 Å². The Morgan fingerprint density at radius 2 is 1.94 bits per heavy atom. The molecule has 172 valence electrons. The number of aryl methyl sites for hydroxylation is 1. The van der Waals surface area contributed by atoms with Gasteiger partial charge in [0, 0.05) is 5.56 Å². The van der Waals surface area contributed by atoms with Crippen LogP contribution in [0.5, 0.6) is 5.75 Å². The van der Waals surface area contributed by atoms with Gasteiger partial charge in [-0.2, -0.15) is 5.26 Å². The molecule has 1 aliphatic rings. The number of thiazole rings is 1. The van der Waals surface area contributed by atoms with E-state index in [0.717, 1.165) is 11.1 Å². The van der Waals surface area contributed by atoms with Crippen molar-refractivity contribution >= 4 is 23.4 Å². The molecule has 1 aromatic heterocycles. The molecule has 0 aliphatic carbocycles. The molecule has 0 radical (unpaired) electrons. The van der Waals surface area contributed by atoms with Crippen LogP contribution in [0.3, 0.4) is 0 Å². The molecule has 0 fully saturated rings. The topological polar surface area (TPSA) is 93.7 Å². The van der Waals surface area contributed by atoms with Gasteiger partial charge in [0.05, 0.1) is 28.5 Å². The summed E-state index contributed by atoms with van der Waals surface area (Å²) in [6.45, 7) is 5.61. The van der Waals surface area contributed by atoms with E-state index in [4.69, 9.17) is 14.7 Å². The highest BCUT2D eigenvalue weighted by Crippen LogP contribution is 2.30. The van der Waals surface area contributed by atoms with Crippen LogP contribution >= 0.6 is 11.3 Å². The molecule has 0 saturated heterocycles. The summed E-state index contributed by atoms with van der Waals surface area (Å²) in [6, 6.07) is 16.2. The van der Waals surface area contributed by atoms with E-state index in [1.807, 2.05) is 49.4 Å². The summed E-state index contributed by atoms with van der Waals surface area (Å²) in [5, 5.41) is 8.86. The van der Waals surface area contributed by atoms with Gasteiger partial charge in [-0.05, 0) is 38.5 Å². The number of benzene rings is 2. The molecule has 1 atom stereocenters. The molecule has 4 rings (SSSR count). The highest BCUT2D eigenvalue weighted by atomic mass is 32.1. The van der Waals surface area contributed by atoms with Crippen LogP contribution < -0.4 is 19.6 Å². The number of aromatic nitrogens is 1. The number of carbonyl (C=O) groups excluding carboxylic acids is 1. The van der Waals surface area contributed by atoms with Crippen molar-refractivity contribution in [1.29, 1.82) is 5.26 Å². The highest BCUT2D eigenvalue weighted by molar-refractivity contribution is 7.07. The number of fused-ring (bicyclic) bond motifs is 1. The summed E-state index contributed by atoms with van der Waals surface area (Å²) in [5.74, 6) is 0.0206. The van der Waals surface area contributed by atoms with Crippen molar-refractivity contribution in [3.63, 3.8) is 0 Å². The van der Waals surface area contributed by atoms with Gasteiger partial charge in [-0.15, -0.1) is 0 Å². The van der Waals surface area contributed by atoms with Crippen molar-refractivity contribution in [2.24, 2.45) is 4.99 Å². The smallest absolute Gasteiger partial charge is 0.338 e. The van der Waals surface area contributed by atoms with E-state index < -0.39 is 12.0 Å². The lowest BCUT2D eigenvalue weighted by Crippen LogP contribution is -2.39. The average molecular weight is 474 g/mol. The lowest BCUT2D eigenvalue weighted by atomic mass is 9.95. The van der Waals surface area contributed by atoms with Gasteiger partial charge in [0.15, 0.2) is 11.4 Å². The molecule has 34 heavy (non-hydrogen) atoms. The largest absolute Gasteiger partial charge is 0.478 e. The maximum absolute atomic E-state index is 13.6. The summed E-state index contributed by atoms with van der Waals surface area (Å²) >= 11 is 1.24. The van der Waals surface area contributed by atoms with Crippen LogP contribution in [-0.2, 0) is 9.53 Å². The summed E-state index contributed by atoms with van der Waals surface area (Å²) in [6.07, 6.45) is 1.73. The molecular formula is C26H23N3O4S. The summed E-state index contributed by atoms with van der Waals surface area (Å²) in [7, 11) is 0. The minimum atomic E-state index is -0.650. The number of hydrogen-bond donors (Lipinski definition) is 0. The van der Waals surface area contributed by atoms with Crippen molar-refractivity contribution in [2.75, 3.05) is 13.2 Å². The second-order valence-corrected chi connectivity index (χ2v) is 8.71. The van der Waals surface area contributed by atoms with Crippen LogP contribution in [0.25, 0.3) is 6.08 Å². The Bertz CT molecular complexity index is 1490. The number of rotatable bonds is 6. The van der Waals surface area contributed by atoms with Gasteiger partial charge in [0.2, 0.25) is 0 Å². The van der Waals surface area contributed by atoms with Crippen molar-refractivity contribution in [3.05, 3.63) is 96.2 Å². The Morgan fingerprint density at radius 1 is 1.21 bits per heavy atom. The Balaban J connectivity index is 1.93. The van der Waals surface area contributed by atoms with E-state index in [2.05, 4.69) is 4.99 Å². The van der Waals surface area contributed by atoms with Crippen LogP contribution in [0.1, 0.15) is 36.6 Å². The number of carbonyl (C=O) groups is 1. The van der Waals surface area contributed by atoms with Gasteiger partial charge in [0.1, 0.15) is 11.8 Å². The average Bonchev–Trinajstić information content (AvgIpc) is 3.12. The van der Waals surface area contributed by atoms with E-state index >= 15 is 0 Å². The van der Waals surface area contributed by atoms with E-state index in [-0.39, 0.29) is 18.8 Å². The normalized spacial score (nSPS) is 15.4. The minimum Gasteiger partial charge on any atom is -0.478 e. The Kier molecular flexibility index (Phi) is 6.75. The maximum Gasteiger partial charge on any atom is 0.338 e. The molecule has 0 spiro atoms. The molecule has 0 saturated carbocycles. The summed E-state index contributed by atoms with van der Waals surface area (Å²) in [4.78, 5) is 31.6. The number of allylic oxidation sites excluding steroid dienone is 1. The SMILES string of the molecule is CCOC(=O)C1=C(C)N=c2sc(=Cc3ccccc3OCC#N)c(=O)n2[C@@H]1c1ccc(C)cc1. The third-order valence-corrected chi connectivity index (χ3v) is 6.39. The first-order valence-electron chi connectivity index (χ1n) is 10.8. The molecule has 8 heteroatoms. The fourth-order valence-corrected chi connectivity index (χ4v) is 4.88. The lowest BCUT2D eigenvalue weighted by Gasteiger charge is -2.24. The lowest BCUT2D eigenvalue weighted by molar-refractivity contribution is -0.139. The number of esters is 1. The monoisotopic (exact) mass is 473 g/mol. The molecule has 1 aliphatic heterocycles. The van der Waals surface area contributed by atoms with Crippen molar-refractivity contribution < 1.29 is 14.3 Å². The van der Waals surface area contributed by atoms with Crippen LogP contribution in [0.4, 0.5) is 0 Å². The predicted molar refractivity (Wildman–Crippen MR) is 129 cm³/mol. The fourth-order valence-electron chi connectivity index (χ4n) is 3.84. The standard InChI is InChI=1S/C26H23N3O4S/c1-4-32-25(31)22-17(3)28-26-29(23(22)18-11-9-16(2)10-12-18)24(30)21(34-26)15-19-7-5-6-8-20(19)33-14-13-27/h5-12,15,23H,4,14H2,1-3H3/t23-/m1/s1. The number of hydrogen-bond acceptors (Lipinski definition) is 7. The number of nitriles is 1. The van der Waals surface area contributed by atoms with E-state index in [9.17, 15) is 9.59 Å². The fraction of sp³-hybridized carbons (Fsp3) is 0.231. The zero-order valence-corrected chi connectivity index (χ0v) is 19.9. The molecule has 3 aromatic rings. The number of nitrogens with zero attached hydrogens (tertiary/aromatic N) is 3. The van der Waals surface area contributed by atoms with Gasteiger partial charge in [-0.3, -0.25) is 9.36 Å². The zero-order chi connectivity index (χ0) is 24.2. The highest BCUT2D eigenvalue weighted by Gasteiger charge is 2.33. The molecule has 7 nitrogen and oxygen atoms in total. The van der Waals surface area contributed by atoms with Gasteiger partial charge in [-0.1, -0.05) is 59.4 Å². The second kappa shape index (κ2) is 9.89. The Hall–Kier alpha value is -3.96. The Morgan fingerprint density at radius 3 is 2.65 bits per heavy atom. The first kappa shape index (κ1) is 23.2. The van der Waals surface area contributed by atoms with Crippen LogP contribution in [0.2, 0.25) is 0 Å². The molecule has 0 amide bonds. The van der Waals surface area contributed by atoms with E-state index in [0.29, 0.717) is 31.9 Å². The van der Waals surface area contributed by atoms with Gasteiger partial charge < -0.3 is 9.47 Å². The maximum atomic E-state index is 13.6. The van der Waals surface area contributed by atoms with Crippen molar-refractivity contribution in [2.45, 2.75) is 26.8 Å². The van der Waals surface area contributed by atoms with E-state index in [1.54, 1.807) is 36.6 Å². The van der Waals surface area contributed by atoms with E-state index in [1.165, 1.54) is 11.3 Å². The van der Waals surface area contributed by atoms with Crippen LogP contribution in [-0.4, -0.2) is 23.8 Å². The zero-order valence-electron chi connectivity index (χ0n) is 19.1. The van der Waals surface area contributed by atoms with Gasteiger partial charge in [-0.25, -0.2) is 9.79 Å². The second-order valence-electron chi connectivity index (χ2n) is 7.70. The third-order valence-electron chi connectivity index (χ3n) is 5.41. The molecular weight excluding hydrogens is 450 g/mol. The first-order chi connectivity index (χ1) is 16.4. The Labute approximate surface area is 200 Å². The third kappa shape index (κ3) is 4.43.